The van der Waals surface area contributed by atoms with E-state index in [0.717, 1.165) is 31.2 Å². The number of Topliss-reactive ketones (excluding diaryl/α,β-unsaturated/α-hetero) is 1. The Balaban J connectivity index is 1.51. The van der Waals surface area contributed by atoms with Crippen molar-refractivity contribution in [1.29, 1.82) is 0 Å². The van der Waals surface area contributed by atoms with E-state index in [2.05, 4.69) is 5.32 Å². The summed E-state index contributed by atoms with van der Waals surface area (Å²) in [6.07, 6.45) is 4.02. The number of carbonyl (C=O) groups excluding carboxylic acids is 3. The second-order valence-corrected chi connectivity index (χ2v) is 7.36. The third-order valence-corrected chi connectivity index (χ3v) is 5.64. The van der Waals surface area contributed by atoms with Gasteiger partial charge in [-0.2, -0.15) is 0 Å². The SMILES string of the molecule is O=C(NCCCc1ccc(Cl)c(Cl)c1)C1C(=O)C(=O)N2CCCCC12. The molecule has 2 unspecified atom stereocenters. The van der Waals surface area contributed by atoms with Crippen LogP contribution in [0, 0.1) is 5.92 Å². The zero-order chi connectivity index (χ0) is 18.0. The monoisotopic (exact) mass is 382 g/mol. The van der Waals surface area contributed by atoms with Crippen LogP contribution in [0.5, 0.6) is 0 Å². The maximum atomic E-state index is 12.4. The van der Waals surface area contributed by atoms with Crippen LogP contribution in [0.4, 0.5) is 0 Å². The number of ketones is 1. The molecule has 2 amide bonds. The van der Waals surface area contributed by atoms with Gasteiger partial charge < -0.3 is 10.2 Å². The normalized spacial score (nSPS) is 22.9. The van der Waals surface area contributed by atoms with Crippen molar-refractivity contribution >= 4 is 40.8 Å². The van der Waals surface area contributed by atoms with Gasteiger partial charge >= 0.3 is 0 Å². The molecule has 25 heavy (non-hydrogen) atoms. The van der Waals surface area contributed by atoms with Crippen molar-refractivity contribution in [2.24, 2.45) is 5.92 Å². The smallest absolute Gasteiger partial charge is 0.291 e. The summed E-state index contributed by atoms with van der Waals surface area (Å²) in [5.41, 5.74) is 1.04. The molecule has 0 aliphatic carbocycles. The molecule has 2 aliphatic heterocycles. The molecule has 0 spiro atoms. The quantitative estimate of drug-likeness (QED) is 0.483. The summed E-state index contributed by atoms with van der Waals surface area (Å²) in [6.45, 7) is 1.03. The molecule has 0 aromatic heterocycles. The van der Waals surface area contributed by atoms with Crippen LogP contribution < -0.4 is 5.32 Å². The minimum absolute atomic E-state index is 0.260. The molecule has 5 nitrogen and oxygen atoms in total. The van der Waals surface area contributed by atoms with Crippen LogP contribution in [0.15, 0.2) is 18.2 Å². The van der Waals surface area contributed by atoms with Crippen LogP contribution in [0.1, 0.15) is 31.2 Å². The molecule has 134 valence electrons. The molecular weight excluding hydrogens is 363 g/mol. The van der Waals surface area contributed by atoms with Gasteiger partial charge in [0.15, 0.2) is 0 Å². The van der Waals surface area contributed by atoms with E-state index in [1.165, 1.54) is 0 Å². The molecule has 1 N–H and O–H groups in total. The van der Waals surface area contributed by atoms with Crippen LogP contribution in [-0.4, -0.2) is 41.6 Å². The fourth-order valence-corrected chi connectivity index (χ4v) is 3.93. The topological polar surface area (TPSA) is 66.5 Å². The summed E-state index contributed by atoms with van der Waals surface area (Å²) in [7, 11) is 0. The van der Waals surface area contributed by atoms with Gasteiger partial charge in [0.1, 0.15) is 5.92 Å². The number of benzene rings is 1. The molecular formula is C18H20Cl2N2O3. The van der Waals surface area contributed by atoms with E-state index in [-0.39, 0.29) is 11.9 Å². The van der Waals surface area contributed by atoms with Crippen LogP contribution in [0.25, 0.3) is 0 Å². The van der Waals surface area contributed by atoms with Gasteiger partial charge in [-0.15, -0.1) is 0 Å². The maximum Gasteiger partial charge on any atom is 0.291 e. The highest BCUT2D eigenvalue weighted by molar-refractivity contribution is 6.43. The summed E-state index contributed by atoms with van der Waals surface area (Å²) in [5.74, 6) is -2.24. The van der Waals surface area contributed by atoms with Crippen LogP contribution >= 0.6 is 23.2 Å². The van der Waals surface area contributed by atoms with Gasteiger partial charge in [0.25, 0.3) is 5.91 Å². The minimum atomic E-state index is -0.849. The Hall–Kier alpha value is -1.59. The predicted octanol–water partition coefficient (Wildman–Crippen LogP) is 2.62. The highest BCUT2D eigenvalue weighted by Crippen LogP contribution is 2.30. The molecule has 2 fully saturated rings. The van der Waals surface area contributed by atoms with Crippen molar-refractivity contribution in [2.75, 3.05) is 13.1 Å². The third-order valence-electron chi connectivity index (χ3n) is 4.90. The van der Waals surface area contributed by atoms with Crippen molar-refractivity contribution in [2.45, 2.75) is 38.1 Å². The maximum absolute atomic E-state index is 12.4. The van der Waals surface area contributed by atoms with E-state index in [0.29, 0.717) is 29.6 Å². The Morgan fingerprint density at radius 2 is 2.00 bits per heavy atom. The molecule has 1 aromatic rings. The Labute approximate surface area is 156 Å². The first-order valence-electron chi connectivity index (χ1n) is 8.55. The van der Waals surface area contributed by atoms with Crippen LogP contribution in [-0.2, 0) is 20.8 Å². The second-order valence-electron chi connectivity index (χ2n) is 6.55. The zero-order valence-electron chi connectivity index (χ0n) is 13.8. The summed E-state index contributed by atoms with van der Waals surface area (Å²) in [6, 6.07) is 5.20. The first kappa shape index (κ1) is 18.2. The highest BCUT2D eigenvalue weighted by atomic mass is 35.5. The molecule has 2 saturated heterocycles. The van der Waals surface area contributed by atoms with Gasteiger partial charge in [0.05, 0.1) is 16.1 Å². The number of piperidine rings is 1. The lowest BCUT2D eigenvalue weighted by Gasteiger charge is -2.30. The number of amides is 2. The standard InChI is InChI=1S/C18H20Cl2N2O3/c19-12-7-6-11(10-13(12)20)4-3-8-21-17(24)15-14-5-1-2-9-22(14)18(25)16(15)23/h6-7,10,14-15H,1-5,8-9H2,(H,21,24). The molecule has 0 radical (unpaired) electrons. The highest BCUT2D eigenvalue weighted by Gasteiger charge is 2.51. The van der Waals surface area contributed by atoms with Crippen molar-refractivity contribution in [1.82, 2.24) is 10.2 Å². The number of fused-ring (bicyclic) bond motifs is 1. The van der Waals surface area contributed by atoms with Crippen molar-refractivity contribution in [3.63, 3.8) is 0 Å². The first-order valence-corrected chi connectivity index (χ1v) is 9.31. The lowest BCUT2D eigenvalue weighted by molar-refractivity contribution is -0.142. The fraction of sp³-hybridized carbons (Fsp3) is 0.500. The van der Waals surface area contributed by atoms with Crippen molar-refractivity contribution in [3.8, 4) is 0 Å². The molecule has 2 atom stereocenters. The number of hydrogen-bond acceptors (Lipinski definition) is 3. The Morgan fingerprint density at radius 3 is 2.76 bits per heavy atom. The number of hydrogen-bond donors (Lipinski definition) is 1. The van der Waals surface area contributed by atoms with Crippen LogP contribution in [0.3, 0.4) is 0 Å². The van der Waals surface area contributed by atoms with Crippen molar-refractivity contribution in [3.05, 3.63) is 33.8 Å². The number of halogens is 2. The zero-order valence-corrected chi connectivity index (χ0v) is 15.3. The summed E-state index contributed by atoms with van der Waals surface area (Å²) < 4.78 is 0. The van der Waals surface area contributed by atoms with Gasteiger partial charge in [-0.1, -0.05) is 29.3 Å². The summed E-state index contributed by atoms with van der Waals surface area (Å²) in [4.78, 5) is 38.2. The Morgan fingerprint density at radius 1 is 1.20 bits per heavy atom. The summed E-state index contributed by atoms with van der Waals surface area (Å²) in [5, 5.41) is 3.83. The minimum Gasteiger partial charge on any atom is -0.355 e. The molecule has 2 heterocycles. The van der Waals surface area contributed by atoms with E-state index in [1.54, 1.807) is 11.0 Å². The second kappa shape index (κ2) is 7.75. The molecule has 0 saturated carbocycles. The van der Waals surface area contributed by atoms with Gasteiger partial charge in [-0.25, -0.2) is 0 Å². The van der Waals surface area contributed by atoms with Gasteiger partial charge in [-0.05, 0) is 49.8 Å². The number of nitrogens with zero attached hydrogens (tertiary/aromatic N) is 1. The number of rotatable bonds is 5. The van der Waals surface area contributed by atoms with E-state index in [1.807, 2.05) is 12.1 Å². The van der Waals surface area contributed by atoms with E-state index in [9.17, 15) is 14.4 Å². The number of nitrogens with one attached hydrogen (secondary N) is 1. The lowest BCUT2D eigenvalue weighted by atomic mass is 9.92. The molecule has 3 rings (SSSR count). The van der Waals surface area contributed by atoms with Crippen LogP contribution in [0.2, 0.25) is 10.0 Å². The molecule has 7 heteroatoms. The number of aryl methyl sites for hydroxylation is 1. The van der Waals surface area contributed by atoms with E-state index >= 15 is 0 Å². The molecule has 2 aliphatic rings. The van der Waals surface area contributed by atoms with Gasteiger partial charge in [0, 0.05) is 13.1 Å². The lowest BCUT2D eigenvalue weighted by Crippen LogP contribution is -2.44. The number of carbonyl (C=O) groups is 3. The Bertz CT molecular complexity index is 708. The fourth-order valence-electron chi connectivity index (χ4n) is 3.61. The third kappa shape index (κ3) is 3.82. The van der Waals surface area contributed by atoms with E-state index < -0.39 is 17.6 Å². The predicted molar refractivity (Wildman–Crippen MR) is 95.6 cm³/mol. The van der Waals surface area contributed by atoms with E-state index in [4.69, 9.17) is 23.2 Å². The molecule has 0 bridgehead atoms. The largest absolute Gasteiger partial charge is 0.355 e. The summed E-state index contributed by atoms with van der Waals surface area (Å²) >= 11 is 11.9. The molecule has 1 aromatic carbocycles. The van der Waals surface area contributed by atoms with Crippen molar-refractivity contribution < 1.29 is 14.4 Å². The average molecular weight is 383 g/mol. The average Bonchev–Trinajstić information content (AvgIpc) is 2.86. The van der Waals surface area contributed by atoms with Gasteiger partial charge in [-0.3, -0.25) is 14.4 Å². The Kier molecular flexibility index (Phi) is 5.64. The van der Waals surface area contributed by atoms with Gasteiger partial charge in [0.2, 0.25) is 11.7 Å². The first-order chi connectivity index (χ1) is 12.0.